The first kappa shape index (κ1) is 10.7. The van der Waals surface area contributed by atoms with Crippen molar-refractivity contribution in [3.8, 4) is 6.07 Å². The monoisotopic (exact) mass is 188 g/mol. The summed E-state index contributed by atoms with van der Waals surface area (Å²) in [5, 5.41) is 9.13. The Kier molecular flexibility index (Phi) is 3.27. The van der Waals surface area contributed by atoms with Crippen LogP contribution in [0.15, 0.2) is 30.3 Å². The Balaban J connectivity index is 2.83. The molecular formula is C12H16N2. The number of rotatable bonds is 3. The van der Waals surface area contributed by atoms with Crippen molar-refractivity contribution in [2.75, 3.05) is 14.1 Å². The third kappa shape index (κ3) is 2.34. The fraction of sp³-hybridized carbons (Fsp3) is 0.417. The fourth-order valence-corrected chi connectivity index (χ4v) is 1.29. The van der Waals surface area contributed by atoms with Gasteiger partial charge in [0.25, 0.3) is 0 Å². The molecule has 1 unspecified atom stereocenters. The highest BCUT2D eigenvalue weighted by molar-refractivity contribution is 5.21. The van der Waals surface area contributed by atoms with E-state index in [1.54, 1.807) is 0 Å². The Hall–Kier alpha value is -1.33. The van der Waals surface area contributed by atoms with Crippen LogP contribution in [0.25, 0.3) is 0 Å². The standard InChI is InChI=1S/C12H16N2/c1-12(10-13,14(2)3)9-11-7-5-4-6-8-11/h4-8H,9H2,1-3H3. The Bertz CT molecular complexity index is 324. The van der Waals surface area contributed by atoms with Gasteiger partial charge in [-0.1, -0.05) is 30.3 Å². The van der Waals surface area contributed by atoms with Crippen molar-refractivity contribution < 1.29 is 0 Å². The third-order valence-corrected chi connectivity index (χ3v) is 2.62. The van der Waals surface area contributed by atoms with Crippen molar-refractivity contribution in [3.05, 3.63) is 35.9 Å². The molecule has 0 amide bonds. The van der Waals surface area contributed by atoms with Crippen LogP contribution in [0.4, 0.5) is 0 Å². The van der Waals surface area contributed by atoms with E-state index >= 15 is 0 Å². The van der Waals surface area contributed by atoms with Gasteiger partial charge in [-0.05, 0) is 26.6 Å². The van der Waals surface area contributed by atoms with Crippen molar-refractivity contribution in [2.24, 2.45) is 0 Å². The zero-order chi connectivity index (χ0) is 10.6. The lowest BCUT2D eigenvalue weighted by molar-refractivity contribution is 0.237. The molecule has 0 saturated carbocycles. The number of benzene rings is 1. The van der Waals surface area contributed by atoms with Gasteiger partial charge in [-0.25, -0.2) is 0 Å². The van der Waals surface area contributed by atoms with E-state index in [-0.39, 0.29) is 0 Å². The normalized spacial score (nSPS) is 14.8. The Morgan fingerprint density at radius 1 is 1.29 bits per heavy atom. The van der Waals surface area contributed by atoms with Crippen molar-refractivity contribution >= 4 is 0 Å². The molecule has 0 aliphatic rings. The lowest BCUT2D eigenvalue weighted by atomic mass is 9.93. The lowest BCUT2D eigenvalue weighted by Gasteiger charge is -2.29. The van der Waals surface area contributed by atoms with Gasteiger partial charge >= 0.3 is 0 Å². The molecule has 0 heterocycles. The topological polar surface area (TPSA) is 27.0 Å². The van der Waals surface area contributed by atoms with Crippen LogP contribution in [0.2, 0.25) is 0 Å². The van der Waals surface area contributed by atoms with E-state index in [0.717, 1.165) is 6.42 Å². The second kappa shape index (κ2) is 4.26. The highest BCUT2D eigenvalue weighted by Gasteiger charge is 2.26. The van der Waals surface area contributed by atoms with Crippen LogP contribution in [0.1, 0.15) is 12.5 Å². The van der Waals surface area contributed by atoms with Crippen LogP contribution in [-0.2, 0) is 6.42 Å². The van der Waals surface area contributed by atoms with Gasteiger partial charge in [-0.15, -0.1) is 0 Å². The molecule has 0 aliphatic heterocycles. The van der Waals surface area contributed by atoms with Crippen LogP contribution >= 0.6 is 0 Å². The first-order valence-corrected chi connectivity index (χ1v) is 4.71. The Morgan fingerprint density at radius 3 is 2.29 bits per heavy atom. The fourth-order valence-electron chi connectivity index (χ4n) is 1.29. The molecular weight excluding hydrogens is 172 g/mol. The van der Waals surface area contributed by atoms with Crippen molar-refractivity contribution in [3.63, 3.8) is 0 Å². The van der Waals surface area contributed by atoms with Gasteiger partial charge < -0.3 is 0 Å². The Labute approximate surface area is 85.8 Å². The summed E-state index contributed by atoms with van der Waals surface area (Å²) in [7, 11) is 3.87. The largest absolute Gasteiger partial charge is 0.292 e. The summed E-state index contributed by atoms with van der Waals surface area (Å²) in [6.07, 6.45) is 0.761. The molecule has 1 atom stereocenters. The smallest absolute Gasteiger partial charge is 0.109 e. The SMILES string of the molecule is CN(C)C(C)(C#N)Cc1ccccc1. The molecule has 2 nitrogen and oxygen atoms in total. The van der Waals surface area contributed by atoms with Crippen molar-refractivity contribution in [1.82, 2.24) is 4.90 Å². The van der Waals surface area contributed by atoms with Crippen LogP contribution < -0.4 is 0 Å². The number of likely N-dealkylation sites (N-methyl/N-ethyl adjacent to an activating group) is 1. The van der Waals surface area contributed by atoms with Gasteiger partial charge in [-0.3, -0.25) is 4.90 Å². The first-order valence-electron chi connectivity index (χ1n) is 4.71. The Morgan fingerprint density at radius 2 is 1.86 bits per heavy atom. The van der Waals surface area contributed by atoms with E-state index in [0.29, 0.717) is 0 Å². The molecule has 0 aliphatic carbocycles. The van der Waals surface area contributed by atoms with Crippen molar-refractivity contribution in [1.29, 1.82) is 5.26 Å². The van der Waals surface area contributed by atoms with Crippen LogP contribution in [0.3, 0.4) is 0 Å². The number of hydrogen-bond acceptors (Lipinski definition) is 2. The van der Waals surface area contributed by atoms with Gasteiger partial charge in [0.2, 0.25) is 0 Å². The second-order valence-corrected chi connectivity index (χ2v) is 3.94. The maximum Gasteiger partial charge on any atom is 0.109 e. The molecule has 0 bridgehead atoms. The summed E-state index contributed by atoms with van der Waals surface area (Å²) in [5.74, 6) is 0. The molecule has 1 rings (SSSR count). The molecule has 0 fully saturated rings. The van der Waals surface area contributed by atoms with E-state index in [9.17, 15) is 0 Å². The van der Waals surface area contributed by atoms with E-state index in [4.69, 9.17) is 5.26 Å². The van der Waals surface area contributed by atoms with Gasteiger partial charge in [0.05, 0.1) is 6.07 Å². The van der Waals surface area contributed by atoms with Crippen LogP contribution in [0.5, 0.6) is 0 Å². The van der Waals surface area contributed by atoms with Crippen molar-refractivity contribution in [2.45, 2.75) is 18.9 Å². The number of nitrogens with zero attached hydrogens (tertiary/aromatic N) is 2. The van der Waals surface area contributed by atoms with E-state index in [2.05, 4.69) is 18.2 Å². The highest BCUT2D eigenvalue weighted by atomic mass is 15.1. The highest BCUT2D eigenvalue weighted by Crippen LogP contribution is 2.17. The first-order chi connectivity index (χ1) is 6.58. The van der Waals surface area contributed by atoms with E-state index < -0.39 is 5.54 Å². The summed E-state index contributed by atoms with van der Waals surface area (Å²) >= 11 is 0. The molecule has 2 heteroatoms. The van der Waals surface area contributed by atoms with E-state index in [1.807, 2.05) is 44.1 Å². The second-order valence-electron chi connectivity index (χ2n) is 3.94. The maximum absolute atomic E-state index is 9.13. The summed E-state index contributed by atoms with van der Waals surface area (Å²) < 4.78 is 0. The molecule has 1 aromatic carbocycles. The number of hydrogen-bond donors (Lipinski definition) is 0. The minimum absolute atomic E-state index is 0.415. The molecule has 14 heavy (non-hydrogen) atoms. The summed E-state index contributed by atoms with van der Waals surface area (Å²) in [6, 6.07) is 12.5. The van der Waals surface area contributed by atoms with Gasteiger partial charge in [0, 0.05) is 6.42 Å². The number of nitriles is 1. The predicted molar refractivity (Wildman–Crippen MR) is 57.9 cm³/mol. The molecule has 0 saturated heterocycles. The van der Waals surface area contributed by atoms with Crippen LogP contribution in [0, 0.1) is 11.3 Å². The molecule has 0 aromatic heterocycles. The lowest BCUT2D eigenvalue weighted by Crippen LogP contribution is -2.41. The zero-order valence-electron chi connectivity index (χ0n) is 8.99. The minimum atomic E-state index is -0.415. The minimum Gasteiger partial charge on any atom is -0.292 e. The molecule has 0 N–H and O–H groups in total. The zero-order valence-corrected chi connectivity index (χ0v) is 8.99. The molecule has 0 spiro atoms. The quantitative estimate of drug-likeness (QED) is 0.726. The van der Waals surface area contributed by atoms with Gasteiger partial charge in [-0.2, -0.15) is 5.26 Å². The maximum atomic E-state index is 9.13. The van der Waals surface area contributed by atoms with Crippen LogP contribution in [-0.4, -0.2) is 24.5 Å². The van der Waals surface area contributed by atoms with Gasteiger partial charge in [0.15, 0.2) is 0 Å². The third-order valence-electron chi connectivity index (χ3n) is 2.62. The average Bonchev–Trinajstić information content (AvgIpc) is 2.19. The summed E-state index contributed by atoms with van der Waals surface area (Å²) in [4.78, 5) is 1.96. The molecule has 74 valence electrons. The summed E-state index contributed by atoms with van der Waals surface area (Å²) in [5.41, 5.74) is 0.784. The molecule has 0 radical (unpaired) electrons. The van der Waals surface area contributed by atoms with Gasteiger partial charge in [0.1, 0.15) is 5.54 Å². The summed E-state index contributed by atoms with van der Waals surface area (Å²) in [6.45, 7) is 1.96. The van der Waals surface area contributed by atoms with E-state index in [1.165, 1.54) is 5.56 Å². The molecule has 1 aromatic rings. The predicted octanol–water partition coefficient (Wildman–Crippen LogP) is 2.07. The average molecular weight is 188 g/mol.